The molecule has 1 aromatic rings. The fourth-order valence-corrected chi connectivity index (χ4v) is 2.93. The van der Waals surface area contributed by atoms with Crippen LogP contribution in [0.4, 0.5) is 5.69 Å². The van der Waals surface area contributed by atoms with Crippen LogP contribution in [0.1, 0.15) is 37.9 Å². The Morgan fingerprint density at radius 3 is 2.94 bits per heavy atom. The van der Waals surface area contributed by atoms with E-state index in [0.717, 1.165) is 17.8 Å². The van der Waals surface area contributed by atoms with Gasteiger partial charge in [0.2, 0.25) is 0 Å². The van der Waals surface area contributed by atoms with Gasteiger partial charge >= 0.3 is 0 Å². The molecular weight excluding hydrogens is 232 g/mol. The number of hydrogen-bond donors (Lipinski definition) is 0. The molecule has 2 nitrogen and oxygen atoms in total. The normalized spacial score (nSPS) is 20.3. The number of hydrogen-bond acceptors (Lipinski definition) is 2. The number of anilines is 1. The molecule has 0 aromatic carbocycles. The second kappa shape index (κ2) is 5.26. The van der Waals surface area contributed by atoms with Crippen molar-refractivity contribution < 1.29 is 0 Å². The van der Waals surface area contributed by atoms with Crippen LogP contribution in [0.5, 0.6) is 0 Å². The molecule has 1 fully saturated rings. The summed E-state index contributed by atoms with van der Waals surface area (Å²) in [6.45, 7) is 7.80. The van der Waals surface area contributed by atoms with E-state index in [1.165, 1.54) is 18.5 Å². The van der Waals surface area contributed by atoms with E-state index in [9.17, 15) is 0 Å². The smallest absolute Gasteiger partial charge is 0.0509 e. The van der Waals surface area contributed by atoms with Gasteiger partial charge in [0.15, 0.2) is 0 Å². The fourth-order valence-electron chi connectivity index (χ4n) is 2.73. The lowest BCUT2D eigenvalue weighted by Crippen LogP contribution is -2.34. The van der Waals surface area contributed by atoms with Gasteiger partial charge in [0, 0.05) is 35.7 Å². The fraction of sp³-hybridized carbons (Fsp3) is 0.643. The lowest BCUT2D eigenvalue weighted by atomic mass is 10.0. The van der Waals surface area contributed by atoms with E-state index in [2.05, 4.69) is 29.8 Å². The molecule has 0 amide bonds. The van der Waals surface area contributed by atoms with Gasteiger partial charge in [0.05, 0.1) is 5.88 Å². The Morgan fingerprint density at radius 1 is 1.53 bits per heavy atom. The molecule has 0 spiro atoms. The molecule has 17 heavy (non-hydrogen) atoms. The summed E-state index contributed by atoms with van der Waals surface area (Å²) in [4.78, 5) is 6.87. The van der Waals surface area contributed by atoms with Gasteiger partial charge in [-0.2, -0.15) is 0 Å². The van der Waals surface area contributed by atoms with Crippen LogP contribution < -0.4 is 4.90 Å². The van der Waals surface area contributed by atoms with Crippen LogP contribution in [-0.2, 0) is 5.88 Å². The molecular formula is C14H21ClN2. The van der Waals surface area contributed by atoms with Crippen molar-refractivity contribution in [2.75, 3.05) is 11.4 Å². The number of pyridine rings is 1. The first-order valence-corrected chi connectivity index (χ1v) is 6.95. The minimum atomic E-state index is 0.546. The van der Waals surface area contributed by atoms with Crippen molar-refractivity contribution in [2.45, 2.75) is 45.5 Å². The predicted octanol–water partition coefficient (Wildman–Crippen LogP) is 3.75. The third kappa shape index (κ3) is 2.57. The molecule has 1 atom stereocenters. The second-order valence-corrected chi connectivity index (χ2v) is 5.50. The first kappa shape index (κ1) is 12.7. The number of alkyl halides is 1. The highest BCUT2D eigenvalue weighted by Crippen LogP contribution is 2.32. The average Bonchev–Trinajstić information content (AvgIpc) is 2.77. The highest BCUT2D eigenvalue weighted by Gasteiger charge is 2.28. The van der Waals surface area contributed by atoms with Crippen molar-refractivity contribution in [3.05, 3.63) is 23.5 Å². The molecule has 94 valence electrons. The molecule has 1 unspecified atom stereocenters. The Morgan fingerprint density at radius 2 is 2.29 bits per heavy atom. The maximum absolute atomic E-state index is 6.02. The van der Waals surface area contributed by atoms with Crippen LogP contribution in [0.3, 0.4) is 0 Å². The third-order valence-corrected chi connectivity index (χ3v) is 3.91. The summed E-state index contributed by atoms with van der Waals surface area (Å²) in [6, 6.07) is 2.83. The Kier molecular flexibility index (Phi) is 3.93. The predicted molar refractivity (Wildman–Crippen MR) is 73.7 cm³/mol. The van der Waals surface area contributed by atoms with Crippen LogP contribution in [0.25, 0.3) is 0 Å². The van der Waals surface area contributed by atoms with E-state index in [1.54, 1.807) is 0 Å². The number of aryl methyl sites for hydroxylation is 1. The molecule has 0 aliphatic carbocycles. The van der Waals surface area contributed by atoms with Crippen molar-refractivity contribution >= 4 is 17.3 Å². The van der Waals surface area contributed by atoms with Crippen LogP contribution in [-0.4, -0.2) is 17.6 Å². The van der Waals surface area contributed by atoms with E-state index in [-0.39, 0.29) is 0 Å². The van der Waals surface area contributed by atoms with Crippen LogP contribution in [0, 0.1) is 12.8 Å². The Bertz CT molecular complexity index is 390. The molecule has 0 saturated carbocycles. The molecule has 2 heterocycles. The van der Waals surface area contributed by atoms with Crippen molar-refractivity contribution in [1.29, 1.82) is 0 Å². The number of aromatic nitrogens is 1. The van der Waals surface area contributed by atoms with Gasteiger partial charge in [-0.15, -0.1) is 11.6 Å². The third-order valence-electron chi connectivity index (χ3n) is 3.62. The molecule has 1 aromatic heterocycles. The van der Waals surface area contributed by atoms with Crippen molar-refractivity contribution in [3.63, 3.8) is 0 Å². The van der Waals surface area contributed by atoms with Gasteiger partial charge < -0.3 is 4.90 Å². The Labute approximate surface area is 109 Å². The SMILES string of the molecule is Cc1cc(N2CCCC2C(C)C)c(CCl)cn1. The number of rotatable bonds is 3. The zero-order valence-electron chi connectivity index (χ0n) is 10.9. The van der Waals surface area contributed by atoms with Gasteiger partial charge in [-0.05, 0) is 31.7 Å². The molecule has 1 aliphatic heterocycles. The minimum Gasteiger partial charge on any atom is -0.368 e. The summed E-state index contributed by atoms with van der Waals surface area (Å²) in [5.41, 5.74) is 3.52. The molecule has 1 aliphatic rings. The molecule has 0 bridgehead atoms. The molecule has 0 N–H and O–H groups in total. The van der Waals surface area contributed by atoms with E-state index in [4.69, 9.17) is 11.6 Å². The standard InChI is InChI=1S/C14H21ClN2/c1-10(2)13-5-4-6-17(13)14-7-11(3)16-9-12(14)8-15/h7,9-10,13H,4-6,8H2,1-3H3. The van der Waals surface area contributed by atoms with E-state index in [1.807, 2.05) is 13.1 Å². The lowest BCUT2D eigenvalue weighted by Gasteiger charge is -2.31. The number of nitrogens with zero attached hydrogens (tertiary/aromatic N) is 2. The van der Waals surface area contributed by atoms with E-state index < -0.39 is 0 Å². The van der Waals surface area contributed by atoms with Crippen molar-refractivity contribution in [2.24, 2.45) is 5.92 Å². The molecule has 1 saturated heterocycles. The first-order valence-electron chi connectivity index (χ1n) is 6.41. The maximum atomic E-state index is 6.02. The maximum Gasteiger partial charge on any atom is 0.0509 e. The molecule has 3 heteroatoms. The summed E-state index contributed by atoms with van der Waals surface area (Å²) < 4.78 is 0. The molecule has 2 rings (SSSR count). The lowest BCUT2D eigenvalue weighted by molar-refractivity contribution is 0.491. The van der Waals surface area contributed by atoms with Gasteiger partial charge in [0.25, 0.3) is 0 Å². The highest BCUT2D eigenvalue weighted by atomic mass is 35.5. The second-order valence-electron chi connectivity index (χ2n) is 5.24. The number of halogens is 1. The summed E-state index contributed by atoms with van der Waals surface area (Å²) in [7, 11) is 0. The summed E-state index contributed by atoms with van der Waals surface area (Å²) in [6.07, 6.45) is 4.50. The van der Waals surface area contributed by atoms with Crippen LogP contribution >= 0.6 is 11.6 Å². The van der Waals surface area contributed by atoms with Crippen molar-refractivity contribution in [1.82, 2.24) is 4.98 Å². The first-order chi connectivity index (χ1) is 8.13. The summed E-state index contributed by atoms with van der Waals surface area (Å²) in [5, 5.41) is 0. The van der Waals surface area contributed by atoms with Gasteiger partial charge in [-0.1, -0.05) is 13.8 Å². The largest absolute Gasteiger partial charge is 0.368 e. The van der Waals surface area contributed by atoms with Crippen LogP contribution in [0.2, 0.25) is 0 Å². The summed E-state index contributed by atoms with van der Waals surface area (Å²) in [5.74, 6) is 1.23. The van der Waals surface area contributed by atoms with Gasteiger partial charge in [-0.25, -0.2) is 0 Å². The van der Waals surface area contributed by atoms with E-state index in [0.29, 0.717) is 17.8 Å². The minimum absolute atomic E-state index is 0.546. The Hall–Kier alpha value is -0.760. The summed E-state index contributed by atoms with van der Waals surface area (Å²) >= 11 is 6.02. The van der Waals surface area contributed by atoms with Gasteiger partial charge in [-0.3, -0.25) is 4.98 Å². The van der Waals surface area contributed by atoms with Crippen molar-refractivity contribution in [3.8, 4) is 0 Å². The monoisotopic (exact) mass is 252 g/mol. The zero-order chi connectivity index (χ0) is 12.4. The quantitative estimate of drug-likeness (QED) is 0.762. The van der Waals surface area contributed by atoms with E-state index >= 15 is 0 Å². The topological polar surface area (TPSA) is 16.1 Å². The Balaban J connectivity index is 2.35. The molecule has 0 radical (unpaired) electrons. The van der Waals surface area contributed by atoms with Crippen LogP contribution in [0.15, 0.2) is 12.3 Å². The average molecular weight is 253 g/mol. The zero-order valence-corrected chi connectivity index (χ0v) is 11.7. The van der Waals surface area contributed by atoms with Gasteiger partial charge in [0.1, 0.15) is 0 Å². The highest BCUT2D eigenvalue weighted by molar-refractivity contribution is 6.17.